The van der Waals surface area contributed by atoms with Gasteiger partial charge in [0.05, 0.1) is 11.7 Å². The highest BCUT2D eigenvalue weighted by Crippen LogP contribution is 2.26. The van der Waals surface area contributed by atoms with Gasteiger partial charge in [-0.1, -0.05) is 18.2 Å². The van der Waals surface area contributed by atoms with E-state index in [-0.39, 0.29) is 36.0 Å². The Hall–Kier alpha value is -2.91. The van der Waals surface area contributed by atoms with Crippen molar-refractivity contribution in [3.63, 3.8) is 0 Å². The molecule has 0 radical (unpaired) electrons. The molecule has 158 valence electrons. The molecule has 0 aliphatic carbocycles. The quantitative estimate of drug-likeness (QED) is 0.568. The average molecular weight is 428 g/mol. The molecule has 2 aliphatic rings. The zero-order chi connectivity index (χ0) is 20.9. The van der Waals surface area contributed by atoms with Crippen LogP contribution in [0, 0.1) is 0 Å². The van der Waals surface area contributed by atoms with E-state index in [4.69, 9.17) is 0 Å². The fourth-order valence-electron chi connectivity index (χ4n) is 4.08. The van der Waals surface area contributed by atoms with Crippen LogP contribution in [0.1, 0.15) is 19.3 Å². The molecule has 1 aromatic carbocycles. The maximum atomic E-state index is 12.3. The Labute approximate surface area is 179 Å². The number of piperazine rings is 1. The van der Waals surface area contributed by atoms with Gasteiger partial charge in [0.15, 0.2) is 0 Å². The molecule has 0 saturated carbocycles. The number of rotatable bonds is 6. The number of carbonyl (C=O) groups excluding carboxylic acids is 3. The molecular weight excluding hydrogens is 402 g/mol. The Morgan fingerprint density at radius 1 is 1.13 bits per heavy atom. The van der Waals surface area contributed by atoms with E-state index in [0.29, 0.717) is 32.4 Å². The van der Waals surface area contributed by atoms with Gasteiger partial charge in [-0.3, -0.25) is 14.5 Å². The number of fused-ring (bicyclic) bond motifs is 1. The summed E-state index contributed by atoms with van der Waals surface area (Å²) in [6.45, 7) is 1.11. The van der Waals surface area contributed by atoms with Gasteiger partial charge in [-0.25, -0.2) is 4.79 Å². The molecule has 3 atom stereocenters. The zero-order valence-electron chi connectivity index (χ0n) is 16.5. The maximum Gasteiger partial charge on any atom is 0.319 e. The number of anilines is 2. The summed E-state index contributed by atoms with van der Waals surface area (Å²) < 4.78 is 0. The van der Waals surface area contributed by atoms with Crippen molar-refractivity contribution in [3.05, 3.63) is 47.2 Å². The summed E-state index contributed by atoms with van der Waals surface area (Å²) in [4.78, 5) is 39.0. The highest BCUT2D eigenvalue weighted by atomic mass is 32.1. The molecule has 1 aromatic heterocycles. The minimum atomic E-state index is -0.271. The number of benzene rings is 1. The fourth-order valence-corrected chi connectivity index (χ4v) is 4.67. The number of carbonyl (C=O) groups is 3. The van der Waals surface area contributed by atoms with E-state index in [1.54, 1.807) is 0 Å². The van der Waals surface area contributed by atoms with Gasteiger partial charge in [-0.05, 0) is 36.4 Å². The second kappa shape index (κ2) is 9.27. The summed E-state index contributed by atoms with van der Waals surface area (Å²) in [5.74, 6) is -0.0545. The number of urea groups is 1. The van der Waals surface area contributed by atoms with Crippen LogP contribution in [0.2, 0.25) is 0 Å². The van der Waals surface area contributed by atoms with Crippen molar-refractivity contribution in [2.45, 2.75) is 37.4 Å². The van der Waals surface area contributed by atoms with Crippen LogP contribution in [-0.2, 0) is 9.59 Å². The van der Waals surface area contributed by atoms with Crippen LogP contribution in [0.25, 0.3) is 0 Å². The molecule has 2 aliphatic heterocycles. The van der Waals surface area contributed by atoms with Crippen molar-refractivity contribution in [2.24, 2.45) is 0 Å². The number of hydrogen-bond donors (Lipinski definition) is 4. The molecular formula is C21H25N5O3S. The average Bonchev–Trinajstić information content (AvgIpc) is 3.38. The smallest absolute Gasteiger partial charge is 0.319 e. The fraction of sp³-hybridized carbons (Fsp3) is 0.381. The largest absolute Gasteiger partial charge is 0.353 e. The Bertz CT molecular complexity index is 889. The predicted molar refractivity (Wildman–Crippen MR) is 116 cm³/mol. The lowest BCUT2D eigenvalue weighted by molar-refractivity contribution is -0.129. The summed E-state index contributed by atoms with van der Waals surface area (Å²) in [5.41, 5.74) is 1.53. The first-order valence-electron chi connectivity index (χ1n) is 10.1. The summed E-state index contributed by atoms with van der Waals surface area (Å²) in [5, 5.41) is 15.4. The van der Waals surface area contributed by atoms with Gasteiger partial charge >= 0.3 is 6.03 Å². The summed E-state index contributed by atoms with van der Waals surface area (Å²) in [6.07, 6.45) is 1.58. The molecule has 4 rings (SSSR count). The van der Waals surface area contributed by atoms with Gasteiger partial charge in [0, 0.05) is 42.7 Å². The van der Waals surface area contributed by atoms with Crippen molar-refractivity contribution < 1.29 is 14.4 Å². The lowest BCUT2D eigenvalue weighted by atomic mass is 10.0. The lowest BCUT2D eigenvalue weighted by Gasteiger charge is -2.37. The Morgan fingerprint density at radius 2 is 1.97 bits per heavy atom. The summed E-state index contributed by atoms with van der Waals surface area (Å²) in [6, 6.07) is 10.6. The standard InChI is InChI=1S/C21H25N5O3S/c27-19(23-14-4-2-1-3-5-14)7-6-17-11-22-20(28)18-10-16(12-26(17)18)25-21(29)24-15-8-9-30-13-15/h1-5,8-9,13,16-18H,6-7,10-12H2,(H,22,28)(H,23,27)(H2,24,25,29)/t16-,17+,18-/m0/s1. The molecule has 4 N–H and O–H groups in total. The molecule has 30 heavy (non-hydrogen) atoms. The van der Waals surface area contributed by atoms with Gasteiger partial charge in [-0.15, -0.1) is 0 Å². The van der Waals surface area contributed by atoms with E-state index in [2.05, 4.69) is 26.2 Å². The highest BCUT2D eigenvalue weighted by Gasteiger charge is 2.43. The molecule has 2 aromatic rings. The number of thiophene rings is 1. The molecule has 2 fully saturated rings. The molecule has 4 amide bonds. The van der Waals surface area contributed by atoms with Gasteiger partial charge in [0.1, 0.15) is 0 Å². The lowest BCUT2D eigenvalue weighted by Crippen LogP contribution is -2.58. The Morgan fingerprint density at radius 3 is 2.73 bits per heavy atom. The SMILES string of the molecule is O=C(CC[C@@H]1CNC(=O)[C@@H]2C[C@H](NC(=O)Nc3ccsc3)CN12)Nc1ccccc1. The normalized spacial score (nSPS) is 23.3. The number of amides is 4. The van der Waals surface area contributed by atoms with Gasteiger partial charge in [-0.2, -0.15) is 11.3 Å². The van der Waals surface area contributed by atoms with Crippen LogP contribution >= 0.6 is 11.3 Å². The molecule has 8 nitrogen and oxygen atoms in total. The Balaban J connectivity index is 1.29. The van der Waals surface area contributed by atoms with Crippen molar-refractivity contribution >= 4 is 40.6 Å². The van der Waals surface area contributed by atoms with E-state index >= 15 is 0 Å². The van der Waals surface area contributed by atoms with Crippen LogP contribution in [0.5, 0.6) is 0 Å². The van der Waals surface area contributed by atoms with Crippen LogP contribution in [-0.4, -0.2) is 54.0 Å². The number of nitrogens with zero attached hydrogens (tertiary/aromatic N) is 1. The van der Waals surface area contributed by atoms with E-state index < -0.39 is 0 Å². The van der Waals surface area contributed by atoms with E-state index in [1.807, 2.05) is 47.2 Å². The summed E-state index contributed by atoms with van der Waals surface area (Å²) in [7, 11) is 0. The molecule has 0 spiro atoms. The summed E-state index contributed by atoms with van der Waals surface area (Å²) >= 11 is 1.51. The van der Waals surface area contributed by atoms with Gasteiger partial charge < -0.3 is 21.3 Å². The first kappa shape index (κ1) is 20.4. The number of hydrogen-bond acceptors (Lipinski definition) is 5. The third-order valence-corrected chi connectivity index (χ3v) is 6.18. The molecule has 0 unspecified atom stereocenters. The van der Waals surface area contributed by atoms with E-state index in [9.17, 15) is 14.4 Å². The second-order valence-corrected chi connectivity index (χ2v) is 8.39. The molecule has 0 bridgehead atoms. The van der Waals surface area contributed by atoms with E-state index in [0.717, 1.165) is 11.4 Å². The third kappa shape index (κ3) is 4.98. The second-order valence-electron chi connectivity index (χ2n) is 7.61. The first-order valence-corrected chi connectivity index (χ1v) is 11.0. The third-order valence-electron chi connectivity index (χ3n) is 5.50. The van der Waals surface area contributed by atoms with Gasteiger partial charge in [0.2, 0.25) is 11.8 Å². The van der Waals surface area contributed by atoms with E-state index in [1.165, 1.54) is 11.3 Å². The molecule has 9 heteroatoms. The molecule has 2 saturated heterocycles. The minimum Gasteiger partial charge on any atom is -0.353 e. The van der Waals surface area contributed by atoms with Crippen molar-refractivity contribution in [1.82, 2.24) is 15.5 Å². The maximum absolute atomic E-state index is 12.3. The predicted octanol–water partition coefficient (Wildman–Crippen LogP) is 2.23. The van der Waals surface area contributed by atoms with Crippen LogP contribution in [0.3, 0.4) is 0 Å². The van der Waals surface area contributed by atoms with Crippen LogP contribution < -0.4 is 21.3 Å². The first-order chi connectivity index (χ1) is 14.6. The number of para-hydroxylation sites is 1. The topological polar surface area (TPSA) is 103 Å². The monoisotopic (exact) mass is 427 g/mol. The number of nitrogens with one attached hydrogen (secondary N) is 4. The van der Waals surface area contributed by atoms with Crippen molar-refractivity contribution in [3.8, 4) is 0 Å². The van der Waals surface area contributed by atoms with Crippen LogP contribution in [0.4, 0.5) is 16.2 Å². The minimum absolute atomic E-state index is 0.0115. The zero-order valence-corrected chi connectivity index (χ0v) is 17.3. The highest BCUT2D eigenvalue weighted by molar-refractivity contribution is 7.08. The van der Waals surface area contributed by atoms with Gasteiger partial charge in [0.25, 0.3) is 0 Å². The van der Waals surface area contributed by atoms with Crippen LogP contribution in [0.15, 0.2) is 47.2 Å². The molecule has 3 heterocycles. The van der Waals surface area contributed by atoms with Crippen molar-refractivity contribution in [2.75, 3.05) is 23.7 Å². The van der Waals surface area contributed by atoms with Crippen molar-refractivity contribution in [1.29, 1.82) is 0 Å². The Kier molecular flexibility index (Phi) is 6.29.